The number of amides is 1. The number of rotatable bonds is 1. The summed E-state index contributed by atoms with van der Waals surface area (Å²) < 4.78 is 0. The van der Waals surface area contributed by atoms with Crippen LogP contribution in [-0.2, 0) is 4.79 Å². The maximum absolute atomic E-state index is 10.3. The van der Waals surface area contributed by atoms with E-state index in [2.05, 4.69) is 21.2 Å². The number of carbonyl (C=O) groups excluding carboxylic acids is 1. The van der Waals surface area contributed by atoms with Crippen molar-refractivity contribution < 1.29 is 4.79 Å². The number of nitrogens with one attached hydrogen (secondary N) is 1. The highest BCUT2D eigenvalue weighted by Gasteiger charge is 2.34. The van der Waals surface area contributed by atoms with E-state index >= 15 is 0 Å². The summed E-state index contributed by atoms with van der Waals surface area (Å²) in [5.74, 6) is 0.0666. The molecule has 0 radical (unpaired) electrons. The minimum atomic E-state index is 0.0666. The van der Waals surface area contributed by atoms with Crippen molar-refractivity contribution >= 4 is 21.8 Å². The Morgan fingerprint density at radius 2 is 2.38 bits per heavy atom. The predicted molar refractivity (Wildman–Crippen MR) is 34.9 cm³/mol. The minimum Gasteiger partial charge on any atom is -0.352 e. The second-order valence-corrected chi connectivity index (χ2v) is 3.23. The third-order valence-corrected chi connectivity index (χ3v) is 2.11. The molecule has 1 aliphatic rings. The molecule has 3 heteroatoms. The van der Waals surface area contributed by atoms with Crippen LogP contribution in [0.3, 0.4) is 0 Å². The average molecular weight is 178 g/mol. The van der Waals surface area contributed by atoms with Crippen LogP contribution in [0.4, 0.5) is 0 Å². The topological polar surface area (TPSA) is 29.1 Å². The standard InChI is InChI=1S/C5H8BrNO/c1-3(8)7-5-2-4(5)6/h4-5H,2H2,1H3,(H,7,8). The maximum Gasteiger partial charge on any atom is 0.217 e. The SMILES string of the molecule is CC(=O)NC1CC1Br. The first-order chi connectivity index (χ1) is 3.70. The normalized spacial score (nSPS) is 34.2. The molecule has 0 bridgehead atoms. The number of halogens is 1. The Labute approximate surface area is 56.8 Å². The molecule has 46 valence electrons. The molecule has 1 saturated carbocycles. The predicted octanol–water partition coefficient (Wildman–Crippen LogP) is 0.658. The summed E-state index contributed by atoms with van der Waals surface area (Å²) in [5.41, 5.74) is 0. The molecule has 8 heavy (non-hydrogen) atoms. The molecule has 0 aromatic heterocycles. The van der Waals surface area contributed by atoms with Crippen LogP contribution in [0.2, 0.25) is 0 Å². The molecule has 0 aliphatic heterocycles. The number of alkyl halides is 1. The summed E-state index contributed by atoms with van der Waals surface area (Å²) in [6, 6.07) is 0.410. The van der Waals surface area contributed by atoms with Gasteiger partial charge in [0.05, 0.1) is 0 Å². The molecular formula is C5H8BrNO. The van der Waals surface area contributed by atoms with E-state index in [0.29, 0.717) is 10.9 Å². The van der Waals surface area contributed by atoms with Crippen molar-refractivity contribution in [3.63, 3.8) is 0 Å². The fourth-order valence-corrected chi connectivity index (χ4v) is 1.11. The van der Waals surface area contributed by atoms with E-state index in [1.807, 2.05) is 0 Å². The van der Waals surface area contributed by atoms with Gasteiger partial charge in [0.2, 0.25) is 5.91 Å². The maximum atomic E-state index is 10.3. The summed E-state index contributed by atoms with van der Waals surface area (Å²) in [7, 11) is 0. The van der Waals surface area contributed by atoms with Gasteiger partial charge in [0.15, 0.2) is 0 Å². The molecule has 0 aromatic rings. The molecule has 2 nitrogen and oxygen atoms in total. The second kappa shape index (κ2) is 2.05. The number of hydrogen-bond acceptors (Lipinski definition) is 1. The summed E-state index contributed by atoms with van der Waals surface area (Å²) in [5, 5.41) is 2.78. The van der Waals surface area contributed by atoms with E-state index in [1.165, 1.54) is 6.92 Å². The molecule has 1 fully saturated rings. The zero-order valence-electron chi connectivity index (χ0n) is 4.65. The highest BCUT2D eigenvalue weighted by Crippen LogP contribution is 2.29. The second-order valence-electron chi connectivity index (χ2n) is 2.06. The zero-order valence-corrected chi connectivity index (χ0v) is 6.23. The van der Waals surface area contributed by atoms with Gasteiger partial charge in [-0.15, -0.1) is 0 Å². The van der Waals surface area contributed by atoms with Crippen LogP contribution < -0.4 is 5.32 Å². The summed E-state index contributed by atoms with van der Waals surface area (Å²) in [6.45, 7) is 1.54. The van der Waals surface area contributed by atoms with Gasteiger partial charge in [0, 0.05) is 17.8 Å². The van der Waals surface area contributed by atoms with Crippen molar-refractivity contribution in [2.45, 2.75) is 24.2 Å². The van der Waals surface area contributed by atoms with Crippen LogP contribution >= 0.6 is 15.9 Å². The Bertz CT molecular complexity index is 115. The van der Waals surface area contributed by atoms with E-state index in [9.17, 15) is 4.79 Å². The van der Waals surface area contributed by atoms with Gasteiger partial charge in [-0.3, -0.25) is 4.79 Å². The van der Waals surface area contributed by atoms with Crippen molar-refractivity contribution in [3.05, 3.63) is 0 Å². The van der Waals surface area contributed by atoms with Gasteiger partial charge in [-0.25, -0.2) is 0 Å². The van der Waals surface area contributed by atoms with E-state index in [1.54, 1.807) is 0 Å². The quantitative estimate of drug-likeness (QED) is 0.587. The van der Waals surface area contributed by atoms with Gasteiger partial charge in [0.1, 0.15) is 0 Å². The van der Waals surface area contributed by atoms with Crippen molar-refractivity contribution in [3.8, 4) is 0 Å². The third-order valence-electron chi connectivity index (χ3n) is 1.10. The third kappa shape index (κ3) is 1.47. The average Bonchev–Trinajstić information content (AvgIpc) is 2.17. The van der Waals surface area contributed by atoms with Gasteiger partial charge in [0.25, 0.3) is 0 Å². The Morgan fingerprint density at radius 1 is 1.88 bits per heavy atom. The van der Waals surface area contributed by atoms with Crippen LogP contribution in [-0.4, -0.2) is 16.8 Å². The molecule has 2 unspecified atom stereocenters. The minimum absolute atomic E-state index is 0.0666. The molecule has 1 amide bonds. The first kappa shape index (κ1) is 6.08. The first-order valence-corrected chi connectivity index (χ1v) is 3.53. The molecule has 1 rings (SSSR count). The van der Waals surface area contributed by atoms with Gasteiger partial charge in [-0.05, 0) is 6.42 Å². The van der Waals surface area contributed by atoms with E-state index < -0.39 is 0 Å². The van der Waals surface area contributed by atoms with Gasteiger partial charge in [-0.2, -0.15) is 0 Å². The number of carbonyl (C=O) groups is 1. The van der Waals surface area contributed by atoms with Crippen LogP contribution in [0, 0.1) is 0 Å². The molecule has 0 saturated heterocycles. The largest absolute Gasteiger partial charge is 0.352 e. The lowest BCUT2D eigenvalue weighted by Gasteiger charge is -1.93. The monoisotopic (exact) mass is 177 g/mol. The van der Waals surface area contributed by atoms with E-state index in [-0.39, 0.29) is 5.91 Å². The Hall–Kier alpha value is -0.0500. The molecule has 2 atom stereocenters. The zero-order chi connectivity index (χ0) is 6.15. The Kier molecular flexibility index (Phi) is 1.56. The van der Waals surface area contributed by atoms with Gasteiger partial charge in [-0.1, -0.05) is 15.9 Å². The first-order valence-electron chi connectivity index (χ1n) is 2.61. The van der Waals surface area contributed by atoms with Gasteiger partial charge < -0.3 is 5.32 Å². The van der Waals surface area contributed by atoms with Gasteiger partial charge >= 0.3 is 0 Å². The molecule has 0 heterocycles. The van der Waals surface area contributed by atoms with Crippen molar-refractivity contribution in [1.29, 1.82) is 0 Å². The summed E-state index contributed by atoms with van der Waals surface area (Å²) >= 11 is 3.36. The van der Waals surface area contributed by atoms with Crippen LogP contribution in [0.1, 0.15) is 13.3 Å². The molecule has 0 spiro atoms. The lowest BCUT2D eigenvalue weighted by molar-refractivity contribution is -0.119. The van der Waals surface area contributed by atoms with E-state index in [0.717, 1.165) is 6.42 Å². The fourth-order valence-electron chi connectivity index (χ4n) is 0.574. The highest BCUT2D eigenvalue weighted by molar-refractivity contribution is 9.09. The molecule has 0 aromatic carbocycles. The fraction of sp³-hybridized carbons (Fsp3) is 0.800. The summed E-state index contributed by atoms with van der Waals surface area (Å²) in [6.07, 6.45) is 1.08. The van der Waals surface area contributed by atoms with Crippen LogP contribution in [0.25, 0.3) is 0 Å². The van der Waals surface area contributed by atoms with E-state index in [4.69, 9.17) is 0 Å². The molecule has 1 aliphatic carbocycles. The van der Waals surface area contributed by atoms with Crippen molar-refractivity contribution in [1.82, 2.24) is 5.32 Å². The lowest BCUT2D eigenvalue weighted by Crippen LogP contribution is -2.23. The Morgan fingerprint density at radius 3 is 2.50 bits per heavy atom. The molecular weight excluding hydrogens is 170 g/mol. The number of hydrogen-bond donors (Lipinski definition) is 1. The highest BCUT2D eigenvalue weighted by atomic mass is 79.9. The Balaban J connectivity index is 2.14. The molecule has 1 N–H and O–H groups in total. The van der Waals surface area contributed by atoms with Crippen LogP contribution in [0.5, 0.6) is 0 Å². The van der Waals surface area contributed by atoms with Crippen molar-refractivity contribution in [2.75, 3.05) is 0 Å². The lowest BCUT2D eigenvalue weighted by atomic mass is 10.6. The van der Waals surface area contributed by atoms with Crippen LogP contribution in [0.15, 0.2) is 0 Å². The van der Waals surface area contributed by atoms with Crippen molar-refractivity contribution in [2.24, 2.45) is 0 Å². The summed E-state index contributed by atoms with van der Waals surface area (Å²) in [4.78, 5) is 10.8. The smallest absolute Gasteiger partial charge is 0.217 e.